The van der Waals surface area contributed by atoms with E-state index in [0.717, 1.165) is 22.2 Å². The molecule has 0 aliphatic carbocycles. The zero-order chi connectivity index (χ0) is 25.5. The van der Waals surface area contributed by atoms with E-state index in [-0.39, 0.29) is 11.4 Å². The zero-order valence-corrected chi connectivity index (χ0v) is 21.0. The molecule has 36 heavy (non-hydrogen) atoms. The molecule has 3 aromatic rings. The number of halogens is 1. The van der Waals surface area contributed by atoms with Crippen LogP contribution < -0.4 is 14.8 Å². The number of para-hydroxylation sites is 1. The van der Waals surface area contributed by atoms with Gasteiger partial charge in [-0.3, -0.25) is 19.3 Å². The molecule has 7 nitrogen and oxygen atoms in total. The fourth-order valence-corrected chi connectivity index (χ4v) is 4.36. The smallest absolute Gasteiger partial charge is 0.294 e. The lowest BCUT2D eigenvalue weighted by molar-refractivity contribution is -0.127. The van der Waals surface area contributed by atoms with Gasteiger partial charge in [-0.1, -0.05) is 48.0 Å². The molecule has 1 N–H and O–H groups in total. The summed E-state index contributed by atoms with van der Waals surface area (Å²) in [7, 11) is 0. The third-order valence-electron chi connectivity index (χ3n) is 5.11. The number of anilines is 1. The summed E-state index contributed by atoms with van der Waals surface area (Å²) in [5.41, 5.74) is 2.21. The zero-order valence-electron chi connectivity index (χ0n) is 19.4. The first-order valence-corrected chi connectivity index (χ1v) is 12.4. The van der Waals surface area contributed by atoms with Crippen LogP contribution in [0.15, 0.2) is 77.7 Å². The van der Waals surface area contributed by atoms with Crippen LogP contribution in [0, 0.1) is 0 Å². The summed E-state index contributed by atoms with van der Waals surface area (Å²) in [6, 6.07) is 21.5. The molecular formula is C27H23ClN2O5S. The average molecular weight is 523 g/mol. The molecule has 1 aliphatic rings. The van der Waals surface area contributed by atoms with Gasteiger partial charge in [0.05, 0.1) is 11.5 Å². The lowest BCUT2D eigenvalue weighted by Gasteiger charge is -2.13. The van der Waals surface area contributed by atoms with Crippen LogP contribution in [-0.2, 0) is 16.2 Å². The maximum Gasteiger partial charge on any atom is 0.294 e. The van der Waals surface area contributed by atoms with Crippen LogP contribution in [-0.4, -0.2) is 35.1 Å². The number of thioether (sulfide) groups is 1. The third-order valence-corrected chi connectivity index (χ3v) is 6.27. The van der Waals surface area contributed by atoms with Crippen molar-refractivity contribution in [2.45, 2.75) is 13.5 Å². The Kier molecular flexibility index (Phi) is 8.30. The van der Waals surface area contributed by atoms with Gasteiger partial charge in [-0.05, 0) is 72.3 Å². The van der Waals surface area contributed by atoms with Crippen molar-refractivity contribution in [3.05, 3.63) is 93.9 Å². The number of amides is 3. The summed E-state index contributed by atoms with van der Waals surface area (Å²) in [5, 5.41) is 2.83. The van der Waals surface area contributed by atoms with Gasteiger partial charge in [-0.15, -0.1) is 0 Å². The van der Waals surface area contributed by atoms with Crippen LogP contribution in [0.3, 0.4) is 0 Å². The summed E-state index contributed by atoms with van der Waals surface area (Å²) in [6.45, 7) is 2.26. The van der Waals surface area contributed by atoms with Crippen molar-refractivity contribution in [2.24, 2.45) is 0 Å². The molecule has 0 bridgehead atoms. The van der Waals surface area contributed by atoms with E-state index in [9.17, 15) is 14.4 Å². The van der Waals surface area contributed by atoms with E-state index in [4.69, 9.17) is 21.1 Å². The highest BCUT2D eigenvalue weighted by Gasteiger charge is 2.36. The second kappa shape index (κ2) is 11.8. The predicted octanol–water partition coefficient (Wildman–Crippen LogP) is 5.99. The van der Waals surface area contributed by atoms with Crippen molar-refractivity contribution in [2.75, 3.05) is 18.5 Å². The fourth-order valence-electron chi connectivity index (χ4n) is 3.40. The van der Waals surface area contributed by atoms with Crippen molar-refractivity contribution in [3.8, 4) is 11.5 Å². The highest BCUT2D eigenvalue weighted by molar-refractivity contribution is 8.18. The molecule has 0 atom stereocenters. The topological polar surface area (TPSA) is 84.9 Å². The molecule has 9 heteroatoms. The van der Waals surface area contributed by atoms with E-state index in [0.29, 0.717) is 41.0 Å². The number of imide groups is 1. The van der Waals surface area contributed by atoms with Crippen LogP contribution in [0.2, 0.25) is 5.02 Å². The third kappa shape index (κ3) is 6.47. The van der Waals surface area contributed by atoms with Gasteiger partial charge in [0, 0.05) is 10.7 Å². The van der Waals surface area contributed by atoms with E-state index in [2.05, 4.69) is 5.32 Å². The molecule has 1 saturated heterocycles. The SMILES string of the molecule is CCOc1cc(/C=C2/SC(=O)N(CC(=O)Nc3ccccc3)C2=O)ccc1OCc1ccc(Cl)cc1. The van der Waals surface area contributed by atoms with Crippen molar-refractivity contribution in [1.29, 1.82) is 0 Å². The fraction of sp³-hybridized carbons (Fsp3) is 0.148. The summed E-state index contributed by atoms with van der Waals surface area (Å²) >= 11 is 6.73. The van der Waals surface area contributed by atoms with Gasteiger partial charge in [-0.25, -0.2) is 0 Å². The van der Waals surface area contributed by atoms with Crippen LogP contribution >= 0.6 is 23.4 Å². The number of ether oxygens (including phenoxy) is 2. The van der Waals surface area contributed by atoms with E-state index >= 15 is 0 Å². The molecule has 3 aromatic carbocycles. The number of hydrogen-bond acceptors (Lipinski definition) is 6. The highest BCUT2D eigenvalue weighted by atomic mass is 35.5. The Morgan fingerprint density at radius 1 is 1.00 bits per heavy atom. The minimum atomic E-state index is -0.519. The number of rotatable bonds is 9. The average Bonchev–Trinajstić information content (AvgIpc) is 3.12. The lowest BCUT2D eigenvalue weighted by atomic mass is 10.1. The molecule has 4 rings (SSSR count). The van der Waals surface area contributed by atoms with Crippen LogP contribution in [0.4, 0.5) is 10.5 Å². The number of hydrogen-bond donors (Lipinski definition) is 1. The number of carbonyl (C=O) groups is 3. The van der Waals surface area contributed by atoms with E-state index in [1.165, 1.54) is 0 Å². The van der Waals surface area contributed by atoms with Gasteiger partial charge in [0.2, 0.25) is 5.91 Å². The molecular weight excluding hydrogens is 500 g/mol. The van der Waals surface area contributed by atoms with Gasteiger partial charge < -0.3 is 14.8 Å². The predicted molar refractivity (Wildman–Crippen MR) is 141 cm³/mol. The Bertz CT molecular complexity index is 1300. The number of nitrogens with one attached hydrogen (secondary N) is 1. The second-order valence-corrected chi connectivity index (χ2v) is 9.17. The number of benzene rings is 3. The minimum Gasteiger partial charge on any atom is -0.490 e. The minimum absolute atomic E-state index is 0.227. The van der Waals surface area contributed by atoms with Gasteiger partial charge in [0.1, 0.15) is 13.2 Å². The highest BCUT2D eigenvalue weighted by Crippen LogP contribution is 2.35. The molecule has 0 saturated carbocycles. The largest absolute Gasteiger partial charge is 0.490 e. The Morgan fingerprint density at radius 3 is 2.47 bits per heavy atom. The van der Waals surface area contributed by atoms with Gasteiger partial charge in [-0.2, -0.15) is 0 Å². The summed E-state index contributed by atoms with van der Waals surface area (Å²) in [6.07, 6.45) is 1.60. The molecule has 1 aliphatic heterocycles. The molecule has 1 fully saturated rings. The summed E-state index contributed by atoms with van der Waals surface area (Å²) in [4.78, 5) is 38.8. The summed E-state index contributed by atoms with van der Waals surface area (Å²) in [5.74, 6) is 0.0936. The van der Waals surface area contributed by atoms with Crippen molar-refractivity contribution < 1.29 is 23.9 Å². The first-order chi connectivity index (χ1) is 17.4. The molecule has 0 unspecified atom stereocenters. The van der Waals surface area contributed by atoms with Crippen LogP contribution in [0.1, 0.15) is 18.1 Å². The number of nitrogens with zero attached hydrogens (tertiary/aromatic N) is 1. The Balaban J connectivity index is 1.44. The van der Waals surface area contributed by atoms with E-state index in [1.807, 2.05) is 25.1 Å². The van der Waals surface area contributed by atoms with E-state index < -0.39 is 17.1 Å². The second-order valence-electron chi connectivity index (χ2n) is 7.74. The van der Waals surface area contributed by atoms with Crippen LogP contribution in [0.5, 0.6) is 11.5 Å². The summed E-state index contributed by atoms with van der Waals surface area (Å²) < 4.78 is 11.7. The molecule has 1 heterocycles. The first kappa shape index (κ1) is 25.3. The molecule has 184 valence electrons. The molecule has 0 radical (unpaired) electrons. The first-order valence-electron chi connectivity index (χ1n) is 11.2. The van der Waals surface area contributed by atoms with Gasteiger partial charge in [0.15, 0.2) is 11.5 Å². The van der Waals surface area contributed by atoms with Crippen molar-refractivity contribution in [1.82, 2.24) is 4.90 Å². The van der Waals surface area contributed by atoms with E-state index in [1.54, 1.807) is 60.7 Å². The van der Waals surface area contributed by atoms with Gasteiger partial charge >= 0.3 is 0 Å². The standard InChI is InChI=1S/C27H23ClN2O5S/c1-2-34-23-14-19(10-13-22(23)35-17-18-8-11-20(28)12-9-18)15-24-26(32)30(27(33)36-24)16-25(31)29-21-6-4-3-5-7-21/h3-15H,2,16-17H2,1H3,(H,29,31)/b24-15+. The maximum atomic E-state index is 12.8. The molecule has 3 amide bonds. The Morgan fingerprint density at radius 2 is 1.75 bits per heavy atom. The quantitative estimate of drug-likeness (QED) is 0.347. The van der Waals surface area contributed by atoms with Crippen molar-refractivity contribution in [3.63, 3.8) is 0 Å². The number of carbonyl (C=O) groups excluding carboxylic acids is 3. The monoisotopic (exact) mass is 522 g/mol. The maximum absolute atomic E-state index is 12.8. The van der Waals surface area contributed by atoms with Crippen LogP contribution in [0.25, 0.3) is 6.08 Å². The van der Waals surface area contributed by atoms with Crippen molar-refractivity contribution >= 4 is 52.2 Å². The van der Waals surface area contributed by atoms with Gasteiger partial charge in [0.25, 0.3) is 11.1 Å². The Hall–Kier alpha value is -3.75. The molecule has 0 spiro atoms. The Labute approximate surface area is 218 Å². The normalized spacial score (nSPS) is 14.3. The lowest BCUT2D eigenvalue weighted by Crippen LogP contribution is -2.36. The molecule has 0 aromatic heterocycles.